The second-order valence-corrected chi connectivity index (χ2v) is 4.27. The quantitative estimate of drug-likeness (QED) is 0.663. The van der Waals surface area contributed by atoms with Crippen molar-refractivity contribution in [1.82, 2.24) is 0 Å². The molecule has 0 saturated heterocycles. The molecule has 1 heterocycles. The van der Waals surface area contributed by atoms with Crippen LogP contribution in [0.5, 0.6) is 0 Å². The number of aliphatic imine (C=N–C) groups is 2. The molecule has 15 heavy (non-hydrogen) atoms. The molecule has 0 aromatic heterocycles. The molecular weight excluding hydrogens is 184 g/mol. The number of benzene rings is 1. The normalized spacial score (nSPS) is 14.5. The smallest absolute Gasteiger partial charge is 0.186 e. The van der Waals surface area contributed by atoms with Crippen molar-refractivity contribution in [3.63, 3.8) is 0 Å². The Morgan fingerprint density at radius 3 is 1.47 bits per heavy atom. The highest BCUT2D eigenvalue weighted by Crippen LogP contribution is 2.34. The van der Waals surface area contributed by atoms with E-state index in [0.717, 1.165) is 0 Å². The Hall–Kier alpha value is -1.40. The lowest BCUT2D eigenvalue weighted by Gasteiger charge is -2.21. The van der Waals surface area contributed by atoms with Crippen LogP contribution in [-0.4, -0.2) is 6.01 Å². The monoisotopic (exact) mass is 200 g/mol. The van der Waals surface area contributed by atoms with Crippen molar-refractivity contribution in [2.75, 3.05) is 0 Å². The van der Waals surface area contributed by atoms with E-state index in [4.69, 9.17) is 0 Å². The molecule has 0 spiro atoms. The molecule has 0 saturated carbocycles. The van der Waals surface area contributed by atoms with Crippen molar-refractivity contribution in [1.29, 1.82) is 0 Å². The van der Waals surface area contributed by atoms with Gasteiger partial charge in [0, 0.05) is 5.56 Å². The Labute approximate surface area is 90.8 Å². The Morgan fingerprint density at radius 1 is 0.733 bits per heavy atom. The predicted octanol–water partition coefficient (Wildman–Crippen LogP) is 3.41. The van der Waals surface area contributed by atoms with Gasteiger partial charge >= 0.3 is 0 Å². The SMILES string of the molecule is Cc1c(C)c(C)c(C2N=C=N2)c(C)c1C. The van der Waals surface area contributed by atoms with E-state index in [1.54, 1.807) is 0 Å². The summed E-state index contributed by atoms with van der Waals surface area (Å²) >= 11 is 0. The molecule has 0 aliphatic carbocycles. The van der Waals surface area contributed by atoms with E-state index in [1.165, 1.54) is 33.4 Å². The van der Waals surface area contributed by atoms with Gasteiger partial charge in [-0.25, -0.2) is 0 Å². The third-order valence-corrected chi connectivity index (χ3v) is 3.68. The highest BCUT2D eigenvalue weighted by molar-refractivity contribution is 5.56. The van der Waals surface area contributed by atoms with Gasteiger partial charge in [0.25, 0.3) is 0 Å². The van der Waals surface area contributed by atoms with Gasteiger partial charge < -0.3 is 0 Å². The largest absolute Gasteiger partial charge is 0.192 e. The first-order valence-corrected chi connectivity index (χ1v) is 5.25. The van der Waals surface area contributed by atoms with Crippen LogP contribution in [0.15, 0.2) is 9.98 Å². The molecule has 1 aliphatic rings. The average Bonchev–Trinajstić information content (AvgIpc) is 2.15. The van der Waals surface area contributed by atoms with Crippen LogP contribution >= 0.6 is 0 Å². The highest BCUT2D eigenvalue weighted by Gasteiger charge is 2.21. The summed E-state index contributed by atoms with van der Waals surface area (Å²) in [5.41, 5.74) is 8.05. The van der Waals surface area contributed by atoms with Crippen LogP contribution in [0.2, 0.25) is 0 Å². The summed E-state index contributed by atoms with van der Waals surface area (Å²) in [6, 6.07) is 2.62. The first-order chi connectivity index (χ1) is 7.04. The molecule has 78 valence electrons. The fraction of sp³-hybridized carbons (Fsp3) is 0.462. The molecule has 0 atom stereocenters. The molecule has 0 amide bonds. The lowest BCUT2D eigenvalue weighted by molar-refractivity contribution is 0.729. The van der Waals surface area contributed by atoms with Crippen molar-refractivity contribution in [3.05, 3.63) is 33.4 Å². The summed E-state index contributed by atoms with van der Waals surface area (Å²) in [5, 5.41) is 0. The van der Waals surface area contributed by atoms with Gasteiger partial charge in [-0.15, -0.1) is 0 Å². The molecule has 0 unspecified atom stereocenters. The predicted molar refractivity (Wildman–Crippen MR) is 62.7 cm³/mol. The van der Waals surface area contributed by atoms with E-state index in [9.17, 15) is 0 Å². The summed E-state index contributed by atoms with van der Waals surface area (Å²) in [5.74, 6) is 0. The third kappa shape index (κ3) is 1.33. The van der Waals surface area contributed by atoms with Gasteiger partial charge in [0.2, 0.25) is 0 Å². The van der Waals surface area contributed by atoms with Crippen LogP contribution in [-0.2, 0) is 0 Å². The van der Waals surface area contributed by atoms with Gasteiger partial charge in [0.15, 0.2) is 6.17 Å². The van der Waals surface area contributed by atoms with E-state index >= 15 is 0 Å². The summed E-state index contributed by atoms with van der Waals surface area (Å²) in [6.07, 6.45) is 0.00278. The minimum atomic E-state index is 0.00278. The van der Waals surface area contributed by atoms with Crippen LogP contribution in [0.3, 0.4) is 0 Å². The van der Waals surface area contributed by atoms with Gasteiger partial charge in [0.05, 0.1) is 6.01 Å². The first-order valence-electron chi connectivity index (χ1n) is 5.25. The average molecular weight is 200 g/mol. The molecule has 0 radical (unpaired) electrons. The molecule has 1 aliphatic heterocycles. The second kappa shape index (κ2) is 3.32. The molecule has 2 rings (SSSR count). The summed E-state index contributed by atoms with van der Waals surface area (Å²) < 4.78 is 0. The van der Waals surface area contributed by atoms with Crippen LogP contribution in [0, 0.1) is 34.6 Å². The van der Waals surface area contributed by atoms with Gasteiger partial charge in [0.1, 0.15) is 0 Å². The molecule has 0 N–H and O–H groups in total. The standard InChI is InChI=1S/C13H16N2/c1-7-8(2)10(4)12(11(5)9(7)3)13-14-6-15-13/h13H,1-5H3. The summed E-state index contributed by atoms with van der Waals surface area (Å²) in [6.45, 7) is 10.8. The van der Waals surface area contributed by atoms with Crippen molar-refractivity contribution >= 4 is 6.01 Å². The highest BCUT2D eigenvalue weighted by atomic mass is 15.1. The number of rotatable bonds is 1. The minimum Gasteiger partial charge on any atom is -0.192 e. The van der Waals surface area contributed by atoms with Crippen molar-refractivity contribution < 1.29 is 0 Å². The molecule has 1 aromatic rings. The van der Waals surface area contributed by atoms with Crippen LogP contribution in [0.4, 0.5) is 0 Å². The molecule has 2 heteroatoms. The van der Waals surface area contributed by atoms with E-state index < -0.39 is 0 Å². The maximum absolute atomic E-state index is 4.16. The van der Waals surface area contributed by atoms with E-state index in [0.29, 0.717) is 0 Å². The Kier molecular flexibility index (Phi) is 2.24. The van der Waals surface area contributed by atoms with Crippen LogP contribution < -0.4 is 0 Å². The molecule has 2 nitrogen and oxygen atoms in total. The Morgan fingerprint density at radius 2 is 1.13 bits per heavy atom. The van der Waals surface area contributed by atoms with Crippen LogP contribution in [0.25, 0.3) is 0 Å². The first kappa shape index (κ1) is 10.1. The Balaban J connectivity index is 2.68. The molecule has 0 bridgehead atoms. The van der Waals surface area contributed by atoms with E-state index in [1.807, 2.05) is 0 Å². The van der Waals surface area contributed by atoms with E-state index in [2.05, 4.69) is 50.6 Å². The number of hydrogen-bond acceptors (Lipinski definition) is 2. The van der Waals surface area contributed by atoms with Gasteiger partial charge in [-0.2, -0.15) is 9.98 Å². The second-order valence-electron chi connectivity index (χ2n) is 4.27. The molecule has 1 aromatic carbocycles. The van der Waals surface area contributed by atoms with Gasteiger partial charge in [-0.1, -0.05) is 0 Å². The fourth-order valence-electron chi connectivity index (χ4n) is 2.16. The fourth-order valence-corrected chi connectivity index (χ4v) is 2.16. The maximum Gasteiger partial charge on any atom is 0.186 e. The number of hydrogen-bond donors (Lipinski definition) is 0. The molecular formula is C13H16N2. The van der Waals surface area contributed by atoms with Crippen molar-refractivity contribution in [2.24, 2.45) is 9.98 Å². The van der Waals surface area contributed by atoms with Gasteiger partial charge in [-0.05, 0) is 62.4 Å². The lowest BCUT2D eigenvalue weighted by Crippen LogP contribution is -2.08. The molecule has 0 fully saturated rings. The zero-order valence-corrected chi connectivity index (χ0v) is 9.97. The Bertz CT molecular complexity index is 455. The van der Waals surface area contributed by atoms with Crippen LogP contribution in [0.1, 0.15) is 39.5 Å². The van der Waals surface area contributed by atoms with Crippen molar-refractivity contribution in [3.8, 4) is 0 Å². The van der Waals surface area contributed by atoms with Crippen molar-refractivity contribution in [2.45, 2.75) is 40.8 Å². The zero-order chi connectivity index (χ0) is 11.2. The lowest BCUT2D eigenvalue weighted by atomic mass is 9.88. The minimum absolute atomic E-state index is 0.00278. The third-order valence-electron chi connectivity index (χ3n) is 3.68. The maximum atomic E-state index is 4.16. The number of nitrogens with zero attached hydrogens (tertiary/aromatic N) is 2. The summed E-state index contributed by atoms with van der Waals surface area (Å²) in [4.78, 5) is 8.31. The van der Waals surface area contributed by atoms with Gasteiger partial charge in [-0.3, -0.25) is 0 Å². The summed E-state index contributed by atoms with van der Waals surface area (Å²) in [7, 11) is 0. The van der Waals surface area contributed by atoms with E-state index in [-0.39, 0.29) is 6.17 Å². The zero-order valence-electron chi connectivity index (χ0n) is 9.97. The topological polar surface area (TPSA) is 24.7 Å².